The van der Waals surface area contributed by atoms with Gasteiger partial charge >= 0.3 is 0 Å². The highest BCUT2D eigenvalue weighted by Gasteiger charge is 2.50. The zero-order chi connectivity index (χ0) is 20.9. The van der Waals surface area contributed by atoms with Gasteiger partial charge in [-0.2, -0.15) is 0 Å². The van der Waals surface area contributed by atoms with Crippen LogP contribution in [0.25, 0.3) is 16.8 Å². The summed E-state index contributed by atoms with van der Waals surface area (Å²) >= 11 is 0. The van der Waals surface area contributed by atoms with E-state index < -0.39 is 0 Å². The van der Waals surface area contributed by atoms with Crippen molar-refractivity contribution >= 4 is 33.9 Å². The number of rotatable bonds is 4. The van der Waals surface area contributed by atoms with Crippen LogP contribution in [0.3, 0.4) is 0 Å². The lowest BCUT2D eigenvalue weighted by Gasteiger charge is -2.55. The largest absolute Gasteiger partial charge is 0.357 e. The van der Waals surface area contributed by atoms with E-state index in [4.69, 9.17) is 4.99 Å². The van der Waals surface area contributed by atoms with Crippen molar-refractivity contribution in [3.05, 3.63) is 65.8 Å². The van der Waals surface area contributed by atoms with Gasteiger partial charge in [0.05, 0.1) is 24.0 Å². The average Bonchev–Trinajstić information content (AvgIpc) is 2.76. The first-order chi connectivity index (χ1) is 14.6. The Hall–Kier alpha value is -2.61. The monoisotopic (exact) mass is 396 g/mol. The van der Waals surface area contributed by atoms with Crippen LogP contribution in [0.4, 0.5) is 11.4 Å². The molecule has 5 rings (SSSR count). The maximum atomic E-state index is 5.13. The molecule has 2 heterocycles. The average molecular weight is 397 g/mol. The number of hydrogen-bond acceptors (Lipinski definition) is 2. The highest BCUT2D eigenvalue weighted by atomic mass is 15.2. The summed E-state index contributed by atoms with van der Waals surface area (Å²) in [7, 11) is 0. The molecule has 1 aliphatic carbocycles. The summed E-state index contributed by atoms with van der Waals surface area (Å²) in [6.07, 6.45) is 17.7. The van der Waals surface area contributed by atoms with Crippen molar-refractivity contribution in [2.75, 3.05) is 11.4 Å². The lowest BCUT2D eigenvalue weighted by Crippen LogP contribution is -2.54. The molecule has 0 fully saturated rings. The molecule has 2 nitrogen and oxygen atoms in total. The fourth-order valence-corrected chi connectivity index (χ4v) is 5.89. The molecule has 0 radical (unpaired) electrons. The third-order valence-corrected chi connectivity index (χ3v) is 7.23. The Kier molecular flexibility index (Phi) is 4.69. The Bertz CT molecular complexity index is 1120. The molecule has 2 aliphatic heterocycles. The fourth-order valence-electron chi connectivity index (χ4n) is 5.89. The predicted molar refractivity (Wildman–Crippen MR) is 131 cm³/mol. The minimum absolute atomic E-state index is 0.0472. The molecule has 3 atom stereocenters. The van der Waals surface area contributed by atoms with Crippen molar-refractivity contribution in [3.63, 3.8) is 0 Å². The normalized spacial score (nSPS) is 27.2. The van der Waals surface area contributed by atoms with Crippen LogP contribution in [0.2, 0.25) is 0 Å². The first kappa shape index (κ1) is 19.4. The number of anilines is 1. The number of hydrogen-bond donors (Lipinski definition) is 0. The second-order valence-electron chi connectivity index (χ2n) is 9.19. The summed E-state index contributed by atoms with van der Waals surface area (Å²) in [5, 5.41) is 2.63. The lowest BCUT2D eigenvalue weighted by atomic mass is 9.60. The minimum Gasteiger partial charge on any atom is -0.357 e. The molecule has 0 spiro atoms. The van der Waals surface area contributed by atoms with Crippen LogP contribution in [0.1, 0.15) is 64.0 Å². The smallest absolute Gasteiger partial charge is 0.0945 e. The van der Waals surface area contributed by atoms with Crippen LogP contribution >= 0.6 is 0 Å². The van der Waals surface area contributed by atoms with E-state index in [1.165, 1.54) is 39.0 Å². The number of allylic oxidation sites excluding steroid dienone is 3. The summed E-state index contributed by atoms with van der Waals surface area (Å²) in [4.78, 5) is 7.79. The van der Waals surface area contributed by atoms with Gasteiger partial charge < -0.3 is 4.90 Å². The number of nitrogens with zero attached hydrogens (tertiary/aromatic N) is 2. The minimum atomic E-state index is 0.0472. The predicted octanol–water partition coefficient (Wildman–Crippen LogP) is 7.57. The molecule has 0 saturated heterocycles. The SMILES string of the molecule is CCC=CC1N2CC(C)=Nc3c2c2c(c4ccccc34)C=CCC2C1(C)C=CCC. The molecule has 2 aromatic carbocycles. The topological polar surface area (TPSA) is 15.6 Å². The van der Waals surface area contributed by atoms with Crippen LogP contribution in [0.5, 0.6) is 0 Å². The molecular weight excluding hydrogens is 364 g/mol. The second kappa shape index (κ2) is 7.27. The Morgan fingerprint density at radius 2 is 1.90 bits per heavy atom. The van der Waals surface area contributed by atoms with Gasteiger partial charge in [-0.1, -0.05) is 81.5 Å². The van der Waals surface area contributed by atoms with Crippen molar-refractivity contribution in [1.29, 1.82) is 0 Å². The lowest BCUT2D eigenvalue weighted by molar-refractivity contribution is 0.275. The van der Waals surface area contributed by atoms with E-state index in [0.717, 1.165) is 25.8 Å². The number of benzene rings is 2. The Labute approximate surface area is 180 Å². The van der Waals surface area contributed by atoms with E-state index in [1.54, 1.807) is 0 Å². The highest BCUT2D eigenvalue weighted by molar-refractivity contribution is 6.11. The van der Waals surface area contributed by atoms with Crippen molar-refractivity contribution < 1.29 is 0 Å². The van der Waals surface area contributed by atoms with Crippen LogP contribution in [-0.2, 0) is 0 Å². The summed E-state index contributed by atoms with van der Waals surface area (Å²) in [5.74, 6) is 0.468. The quantitative estimate of drug-likeness (QED) is 0.486. The van der Waals surface area contributed by atoms with Crippen molar-refractivity contribution in [3.8, 4) is 0 Å². The van der Waals surface area contributed by atoms with E-state index in [0.29, 0.717) is 12.0 Å². The summed E-state index contributed by atoms with van der Waals surface area (Å²) in [6.45, 7) is 10.0. The first-order valence-electron chi connectivity index (χ1n) is 11.5. The van der Waals surface area contributed by atoms with Gasteiger partial charge in [0.2, 0.25) is 0 Å². The molecule has 30 heavy (non-hydrogen) atoms. The molecule has 2 aromatic rings. The zero-order valence-corrected chi connectivity index (χ0v) is 18.7. The van der Waals surface area contributed by atoms with Crippen LogP contribution < -0.4 is 4.90 Å². The molecule has 0 amide bonds. The van der Waals surface area contributed by atoms with Gasteiger partial charge in [-0.25, -0.2) is 0 Å². The third-order valence-electron chi connectivity index (χ3n) is 7.23. The molecule has 0 aromatic heterocycles. The van der Waals surface area contributed by atoms with E-state index in [2.05, 4.69) is 93.3 Å². The summed E-state index contributed by atoms with van der Waals surface area (Å²) in [5.41, 5.74) is 6.75. The number of aliphatic imine (C=N–C) groups is 1. The van der Waals surface area contributed by atoms with Gasteiger partial charge in [0.25, 0.3) is 0 Å². The van der Waals surface area contributed by atoms with E-state index in [9.17, 15) is 0 Å². The molecule has 154 valence electrons. The van der Waals surface area contributed by atoms with Gasteiger partial charge in [0.15, 0.2) is 0 Å². The van der Waals surface area contributed by atoms with E-state index in [-0.39, 0.29) is 5.41 Å². The molecule has 0 bridgehead atoms. The van der Waals surface area contributed by atoms with Crippen LogP contribution in [0.15, 0.2) is 59.6 Å². The molecular formula is C28H32N2. The van der Waals surface area contributed by atoms with Gasteiger partial charge in [0.1, 0.15) is 0 Å². The van der Waals surface area contributed by atoms with Crippen molar-refractivity contribution in [2.24, 2.45) is 10.4 Å². The Balaban J connectivity index is 1.89. The molecule has 3 aliphatic rings. The van der Waals surface area contributed by atoms with Gasteiger partial charge in [-0.05, 0) is 42.7 Å². The third kappa shape index (κ3) is 2.66. The summed E-state index contributed by atoms with van der Waals surface area (Å²) < 4.78 is 0. The van der Waals surface area contributed by atoms with Gasteiger partial charge in [-0.3, -0.25) is 4.99 Å². The standard InChI is InChI=1S/C28H32N2/c1-5-7-16-24-28(4,17-8-6-2)23-15-11-14-21-20-12-9-10-13-22(20)26-27(25(21)23)30(24)18-19(3)29-26/h7-14,16-17,23-24H,5-6,15,18H2,1-4H3. The van der Waals surface area contributed by atoms with Crippen LogP contribution in [-0.4, -0.2) is 18.3 Å². The molecule has 0 N–H and O–H groups in total. The van der Waals surface area contributed by atoms with E-state index >= 15 is 0 Å². The van der Waals surface area contributed by atoms with Crippen LogP contribution in [0, 0.1) is 5.41 Å². The zero-order valence-electron chi connectivity index (χ0n) is 18.7. The van der Waals surface area contributed by atoms with E-state index in [1.807, 2.05) is 0 Å². The second-order valence-corrected chi connectivity index (χ2v) is 9.19. The molecule has 3 unspecified atom stereocenters. The molecule has 2 heteroatoms. The highest BCUT2D eigenvalue weighted by Crippen LogP contribution is 2.60. The Morgan fingerprint density at radius 3 is 2.67 bits per heavy atom. The summed E-state index contributed by atoms with van der Waals surface area (Å²) in [6, 6.07) is 9.18. The fraction of sp³-hybridized carbons (Fsp3) is 0.393. The van der Waals surface area contributed by atoms with Gasteiger partial charge in [-0.15, -0.1) is 0 Å². The van der Waals surface area contributed by atoms with Crippen molar-refractivity contribution in [2.45, 2.75) is 58.9 Å². The van der Waals surface area contributed by atoms with Crippen molar-refractivity contribution in [1.82, 2.24) is 0 Å². The maximum absolute atomic E-state index is 5.13. The molecule has 0 saturated carbocycles. The number of fused-ring (bicyclic) bond motifs is 3. The maximum Gasteiger partial charge on any atom is 0.0945 e. The first-order valence-corrected chi connectivity index (χ1v) is 11.5. The Morgan fingerprint density at radius 1 is 1.13 bits per heavy atom. The van der Waals surface area contributed by atoms with Gasteiger partial charge in [0, 0.05) is 22.4 Å².